The number of halogens is 1. The fourth-order valence-corrected chi connectivity index (χ4v) is 5.81. The molecule has 0 radical (unpaired) electrons. The molecule has 2 aliphatic carbocycles. The third-order valence-electron chi connectivity index (χ3n) is 7.97. The summed E-state index contributed by atoms with van der Waals surface area (Å²) in [4.78, 5) is 0. The number of rotatable bonds is 12. The normalized spacial score (nSPS) is 26.9. The summed E-state index contributed by atoms with van der Waals surface area (Å²) in [5.41, 5.74) is 1.51. The van der Waals surface area contributed by atoms with Crippen LogP contribution in [0.2, 0.25) is 0 Å². The van der Waals surface area contributed by atoms with Gasteiger partial charge in [0.15, 0.2) is 0 Å². The Morgan fingerprint density at radius 1 is 0.806 bits per heavy atom. The summed E-state index contributed by atoms with van der Waals surface area (Å²) in [6.45, 7) is 3.09. The Morgan fingerprint density at radius 3 is 2.03 bits per heavy atom. The van der Waals surface area contributed by atoms with Gasteiger partial charge in [-0.1, -0.05) is 70.1 Å². The summed E-state index contributed by atoms with van der Waals surface area (Å²) >= 11 is 0. The Bertz CT molecular complexity index is 606. The van der Waals surface area contributed by atoms with Crippen LogP contribution in [0.25, 0.3) is 0 Å². The number of ether oxygens (including phenoxy) is 1. The molecule has 0 unspecified atom stereocenters. The molecule has 0 aromatic heterocycles. The summed E-state index contributed by atoms with van der Waals surface area (Å²) in [6.07, 6.45) is 22.1. The van der Waals surface area contributed by atoms with E-state index in [0.717, 1.165) is 55.2 Å². The molecule has 0 heterocycles. The van der Waals surface area contributed by atoms with Crippen molar-refractivity contribution in [2.24, 2.45) is 17.8 Å². The zero-order chi connectivity index (χ0) is 21.7. The van der Waals surface area contributed by atoms with E-state index in [1.54, 1.807) is 6.08 Å². The van der Waals surface area contributed by atoms with Gasteiger partial charge in [0.05, 0.1) is 12.9 Å². The highest BCUT2D eigenvalue weighted by Crippen LogP contribution is 2.40. The molecule has 2 fully saturated rings. The van der Waals surface area contributed by atoms with E-state index in [1.807, 2.05) is 0 Å². The summed E-state index contributed by atoms with van der Waals surface area (Å²) in [7, 11) is 0. The number of hydrogen-bond acceptors (Lipinski definition) is 1. The van der Waals surface area contributed by atoms with E-state index in [9.17, 15) is 4.39 Å². The largest absolute Gasteiger partial charge is 0.494 e. The van der Waals surface area contributed by atoms with Gasteiger partial charge >= 0.3 is 0 Å². The third kappa shape index (κ3) is 8.62. The molecule has 0 bridgehead atoms. The van der Waals surface area contributed by atoms with Gasteiger partial charge in [0.2, 0.25) is 0 Å². The van der Waals surface area contributed by atoms with Gasteiger partial charge in [0, 0.05) is 0 Å². The van der Waals surface area contributed by atoms with Gasteiger partial charge < -0.3 is 4.74 Å². The first kappa shape index (κ1) is 24.3. The Hall–Kier alpha value is -1.31. The predicted molar refractivity (Wildman–Crippen MR) is 130 cm³/mol. The second kappa shape index (κ2) is 14.0. The zero-order valence-electron chi connectivity index (χ0n) is 19.9. The van der Waals surface area contributed by atoms with Crippen molar-refractivity contribution in [2.45, 2.75) is 109 Å². The Kier molecular flexibility index (Phi) is 11.0. The molecule has 0 saturated heterocycles. The van der Waals surface area contributed by atoms with Crippen LogP contribution in [0.4, 0.5) is 4.39 Å². The van der Waals surface area contributed by atoms with Gasteiger partial charge in [-0.15, -0.1) is 0 Å². The number of hydrogen-bond donors (Lipinski definition) is 0. The first-order valence-electron chi connectivity index (χ1n) is 13.3. The smallest absolute Gasteiger partial charge is 0.119 e. The summed E-state index contributed by atoms with van der Waals surface area (Å²) < 4.78 is 18.1. The van der Waals surface area contributed by atoms with Crippen molar-refractivity contribution in [3.05, 3.63) is 42.2 Å². The van der Waals surface area contributed by atoms with E-state index in [1.165, 1.54) is 89.0 Å². The Balaban J connectivity index is 1.30. The van der Waals surface area contributed by atoms with Gasteiger partial charge in [0.1, 0.15) is 5.75 Å². The highest BCUT2D eigenvalue weighted by molar-refractivity contribution is 5.29. The van der Waals surface area contributed by atoms with E-state index < -0.39 is 0 Å². The number of allylic oxidation sites excluding steroid dienone is 1. The van der Waals surface area contributed by atoms with Crippen molar-refractivity contribution in [3.63, 3.8) is 0 Å². The van der Waals surface area contributed by atoms with Gasteiger partial charge in [-0.05, 0) is 92.7 Å². The first-order chi connectivity index (χ1) is 15.3. The molecule has 1 aromatic rings. The van der Waals surface area contributed by atoms with E-state index >= 15 is 0 Å². The van der Waals surface area contributed by atoms with Crippen molar-refractivity contribution in [2.75, 3.05) is 6.61 Å². The fraction of sp³-hybridized carbons (Fsp3) is 0.724. The lowest BCUT2D eigenvalue weighted by atomic mass is 9.74. The van der Waals surface area contributed by atoms with E-state index in [-0.39, 0.29) is 0 Å². The topological polar surface area (TPSA) is 9.23 Å². The highest BCUT2D eigenvalue weighted by atomic mass is 19.1. The molecule has 2 heteroatoms. The van der Waals surface area contributed by atoms with Crippen LogP contribution in [0.15, 0.2) is 36.7 Å². The lowest BCUT2D eigenvalue weighted by molar-refractivity contribution is 0.231. The molecule has 1 nitrogen and oxygen atoms in total. The minimum Gasteiger partial charge on any atom is -0.494 e. The van der Waals surface area contributed by atoms with Crippen molar-refractivity contribution < 1.29 is 9.13 Å². The fourth-order valence-electron chi connectivity index (χ4n) is 5.81. The molecule has 0 spiro atoms. The van der Waals surface area contributed by atoms with Gasteiger partial charge in [-0.3, -0.25) is 0 Å². The molecular formula is C29H45FO. The first-order valence-corrected chi connectivity index (χ1v) is 13.3. The summed E-state index contributed by atoms with van der Waals surface area (Å²) in [6, 6.07) is 8.98. The third-order valence-corrected chi connectivity index (χ3v) is 7.97. The van der Waals surface area contributed by atoms with Crippen LogP contribution in [0.1, 0.15) is 115 Å². The van der Waals surface area contributed by atoms with E-state index in [4.69, 9.17) is 4.74 Å². The molecule has 2 aliphatic rings. The molecule has 174 valence electrons. The summed E-state index contributed by atoms with van der Waals surface area (Å²) in [5.74, 6) is 4.38. The maximum atomic E-state index is 12.2. The van der Waals surface area contributed by atoms with Crippen molar-refractivity contribution in [1.82, 2.24) is 0 Å². The molecule has 1 aromatic carbocycles. The predicted octanol–water partition coefficient (Wildman–Crippen LogP) is 9.38. The van der Waals surface area contributed by atoms with E-state index in [2.05, 4.69) is 31.2 Å². The van der Waals surface area contributed by atoms with Crippen LogP contribution in [-0.2, 0) is 0 Å². The highest BCUT2D eigenvalue weighted by Gasteiger charge is 2.25. The van der Waals surface area contributed by atoms with Crippen LogP contribution in [0, 0.1) is 17.8 Å². The van der Waals surface area contributed by atoms with Gasteiger partial charge in [0.25, 0.3) is 0 Å². The van der Waals surface area contributed by atoms with Gasteiger partial charge in [-0.25, -0.2) is 4.39 Å². The van der Waals surface area contributed by atoms with Crippen molar-refractivity contribution in [1.29, 1.82) is 0 Å². The van der Waals surface area contributed by atoms with E-state index in [0.29, 0.717) is 0 Å². The van der Waals surface area contributed by atoms with Crippen LogP contribution >= 0.6 is 0 Å². The lowest BCUT2D eigenvalue weighted by Crippen LogP contribution is -2.17. The quantitative estimate of drug-likeness (QED) is 0.301. The molecule has 3 rings (SSSR count). The molecule has 0 atom stereocenters. The van der Waals surface area contributed by atoms with Crippen molar-refractivity contribution in [3.8, 4) is 5.75 Å². The lowest BCUT2D eigenvalue weighted by Gasteiger charge is -2.32. The monoisotopic (exact) mass is 428 g/mol. The minimum atomic E-state index is 0.722. The molecule has 0 amide bonds. The second-order valence-electron chi connectivity index (χ2n) is 10.3. The van der Waals surface area contributed by atoms with Gasteiger partial charge in [-0.2, -0.15) is 0 Å². The Labute approximate surface area is 190 Å². The standard InChI is InChI=1S/C29H45FO/c1-2-3-4-5-23-31-29-20-18-28(19-21-29)27-16-14-26(15-17-27)13-12-25-10-8-24(9-11-25)7-6-22-30/h6,18-22,24-27H,2-5,7-17,23H2,1H3/t24-,25-,26-,27-. The molecular weight excluding hydrogens is 383 g/mol. The molecule has 31 heavy (non-hydrogen) atoms. The molecule has 0 aliphatic heterocycles. The van der Waals surface area contributed by atoms with Crippen LogP contribution < -0.4 is 4.74 Å². The molecule has 0 N–H and O–H groups in total. The maximum absolute atomic E-state index is 12.2. The minimum absolute atomic E-state index is 0.722. The van der Waals surface area contributed by atoms with Crippen LogP contribution in [0.3, 0.4) is 0 Å². The second-order valence-corrected chi connectivity index (χ2v) is 10.3. The zero-order valence-corrected chi connectivity index (χ0v) is 19.9. The van der Waals surface area contributed by atoms with Crippen molar-refractivity contribution >= 4 is 0 Å². The number of unbranched alkanes of at least 4 members (excludes halogenated alkanes) is 3. The maximum Gasteiger partial charge on any atom is 0.119 e. The number of benzene rings is 1. The van der Waals surface area contributed by atoms with Crippen LogP contribution in [-0.4, -0.2) is 6.61 Å². The average Bonchev–Trinajstić information content (AvgIpc) is 2.83. The summed E-state index contributed by atoms with van der Waals surface area (Å²) in [5, 5.41) is 0. The Morgan fingerprint density at radius 2 is 1.42 bits per heavy atom. The average molecular weight is 429 g/mol. The van der Waals surface area contributed by atoms with Crippen LogP contribution in [0.5, 0.6) is 5.75 Å². The SMILES string of the molecule is CCCCCCOc1ccc([C@H]2CC[C@H](CC[C@H]3CC[C@H](CC=CF)CC3)CC2)cc1. The molecule has 2 saturated carbocycles.